The minimum atomic E-state index is -4.37. The lowest BCUT2D eigenvalue weighted by atomic mass is 10.0. The van der Waals surface area contributed by atoms with Gasteiger partial charge in [-0.05, 0) is 42.3 Å². The number of nitrogens with zero attached hydrogens (tertiary/aromatic N) is 1. The number of benzene rings is 3. The number of rotatable bonds is 6. The lowest BCUT2D eigenvalue weighted by Crippen LogP contribution is -2.24. The Morgan fingerprint density at radius 1 is 0.941 bits per heavy atom. The first kappa shape index (κ1) is 24.1. The van der Waals surface area contributed by atoms with Crippen LogP contribution in [0.25, 0.3) is 0 Å². The number of hydrogen-bond acceptors (Lipinski definition) is 5. The van der Waals surface area contributed by atoms with Gasteiger partial charge >= 0.3 is 6.18 Å². The standard InChI is InChI=1S/C26H26F3NO3S/c1-31-20-10-11-21-24(15-20)34-23(17-6-4-8-19(14-17)26(27,28)29)12-13-30(21)16-18-7-5-9-22(32-2)25(18)33-3/h4-11,14-15,23H,12-13,16H2,1-3H3. The predicted octanol–water partition coefficient (Wildman–Crippen LogP) is 6.97. The largest absolute Gasteiger partial charge is 0.497 e. The van der Waals surface area contributed by atoms with Gasteiger partial charge in [0.25, 0.3) is 0 Å². The Morgan fingerprint density at radius 3 is 2.44 bits per heavy atom. The molecule has 34 heavy (non-hydrogen) atoms. The van der Waals surface area contributed by atoms with E-state index < -0.39 is 11.7 Å². The highest BCUT2D eigenvalue weighted by molar-refractivity contribution is 7.99. The van der Waals surface area contributed by atoms with E-state index in [4.69, 9.17) is 14.2 Å². The molecule has 0 saturated heterocycles. The Kier molecular flexibility index (Phi) is 7.16. The molecule has 0 aliphatic carbocycles. The lowest BCUT2D eigenvalue weighted by molar-refractivity contribution is -0.137. The number of ether oxygens (including phenoxy) is 3. The summed E-state index contributed by atoms with van der Waals surface area (Å²) >= 11 is 1.57. The van der Waals surface area contributed by atoms with Crippen molar-refractivity contribution in [3.8, 4) is 17.2 Å². The van der Waals surface area contributed by atoms with Crippen LogP contribution in [0.3, 0.4) is 0 Å². The summed E-state index contributed by atoms with van der Waals surface area (Å²) < 4.78 is 56.5. The summed E-state index contributed by atoms with van der Waals surface area (Å²) in [5.74, 6) is 2.03. The summed E-state index contributed by atoms with van der Waals surface area (Å²) in [6.07, 6.45) is -3.70. The van der Waals surface area contributed by atoms with Crippen molar-refractivity contribution < 1.29 is 27.4 Å². The van der Waals surface area contributed by atoms with E-state index in [9.17, 15) is 13.2 Å². The van der Waals surface area contributed by atoms with E-state index in [2.05, 4.69) is 4.90 Å². The monoisotopic (exact) mass is 489 g/mol. The number of alkyl halides is 3. The van der Waals surface area contributed by atoms with E-state index in [1.165, 1.54) is 12.1 Å². The number of fused-ring (bicyclic) bond motifs is 1. The molecule has 1 aliphatic heterocycles. The number of methoxy groups -OCH3 is 3. The van der Waals surface area contributed by atoms with Gasteiger partial charge in [-0.3, -0.25) is 0 Å². The van der Waals surface area contributed by atoms with Crippen molar-refractivity contribution in [1.29, 1.82) is 0 Å². The Morgan fingerprint density at radius 2 is 1.74 bits per heavy atom. The molecule has 1 aliphatic rings. The first-order chi connectivity index (χ1) is 16.3. The van der Waals surface area contributed by atoms with Crippen LogP contribution in [0.15, 0.2) is 65.6 Å². The molecule has 4 nitrogen and oxygen atoms in total. The van der Waals surface area contributed by atoms with Crippen LogP contribution in [0.5, 0.6) is 17.2 Å². The third-order valence-electron chi connectivity index (χ3n) is 5.87. The molecule has 4 rings (SSSR count). The molecule has 1 heterocycles. The Bertz CT molecular complexity index is 1150. The van der Waals surface area contributed by atoms with E-state index in [0.717, 1.165) is 22.2 Å². The number of para-hydroxylation sites is 1. The van der Waals surface area contributed by atoms with Gasteiger partial charge in [-0.15, -0.1) is 11.8 Å². The molecule has 3 aromatic rings. The van der Waals surface area contributed by atoms with Gasteiger partial charge in [-0.2, -0.15) is 13.2 Å². The van der Waals surface area contributed by atoms with E-state index in [0.29, 0.717) is 42.3 Å². The maximum atomic E-state index is 13.3. The molecule has 0 amide bonds. The van der Waals surface area contributed by atoms with E-state index in [1.807, 2.05) is 36.4 Å². The third kappa shape index (κ3) is 5.06. The van der Waals surface area contributed by atoms with Gasteiger partial charge in [0, 0.05) is 28.8 Å². The van der Waals surface area contributed by atoms with Gasteiger partial charge in [-0.25, -0.2) is 0 Å². The Hall–Kier alpha value is -3.00. The number of halogens is 3. The fourth-order valence-electron chi connectivity index (χ4n) is 4.18. The summed E-state index contributed by atoms with van der Waals surface area (Å²) in [4.78, 5) is 3.19. The zero-order valence-corrected chi connectivity index (χ0v) is 20.0. The molecule has 0 spiro atoms. The van der Waals surface area contributed by atoms with Crippen molar-refractivity contribution in [3.63, 3.8) is 0 Å². The highest BCUT2D eigenvalue weighted by Gasteiger charge is 2.32. The van der Waals surface area contributed by atoms with Crippen LogP contribution in [0.2, 0.25) is 0 Å². The second-order valence-corrected chi connectivity index (χ2v) is 9.17. The van der Waals surface area contributed by atoms with Crippen LogP contribution in [0.1, 0.15) is 28.4 Å². The van der Waals surface area contributed by atoms with E-state index >= 15 is 0 Å². The van der Waals surface area contributed by atoms with Gasteiger partial charge in [0.2, 0.25) is 0 Å². The maximum Gasteiger partial charge on any atom is 0.416 e. The highest BCUT2D eigenvalue weighted by atomic mass is 32.2. The van der Waals surface area contributed by atoms with Crippen molar-refractivity contribution in [2.75, 3.05) is 32.8 Å². The Balaban J connectivity index is 1.70. The molecule has 0 radical (unpaired) electrons. The first-order valence-electron chi connectivity index (χ1n) is 10.8. The molecule has 3 aromatic carbocycles. The van der Waals surface area contributed by atoms with Gasteiger partial charge in [-0.1, -0.05) is 30.3 Å². The van der Waals surface area contributed by atoms with Gasteiger partial charge < -0.3 is 19.1 Å². The van der Waals surface area contributed by atoms with Crippen molar-refractivity contribution in [2.24, 2.45) is 0 Å². The van der Waals surface area contributed by atoms with Crippen LogP contribution in [0.4, 0.5) is 18.9 Å². The fraction of sp³-hybridized carbons (Fsp3) is 0.308. The van der Waals surface area contributed by atoms with E-state index in [1.54, 1.807) is 39.2 Å². The molecule has 0 saturated carbocycles. The molecule has 1 atom stereocenters. The molecule has 0 fully saturated rings. The normalized spacial score (nSPS) is 15.9. The van der Waals surface area contributed by atoms with Crippen LogP contribution in [-0.2, 0) is 12.7 Å². The third-order valence-corrected chi connectivity index (χ3v) is 7.24. The molecule has 180 valence electrons. The van der Waals surface area contributed by atoms with Gasteiger partial charge in [0.15, 0.2) is 11.5 Å². The maximum absolute atomic E-state index is 13.3. The average Bonchev–Trinajstić information content (AvgIpc) is 3.02. The second-order valence-electron chi connectivity index (χ2n) is 7.93. The summed E-state index contributed by atoms with van der Waals surface area (Å²) in [6, 6.07) is 17.2. The summed E-state index contributed by atoms with van der Waals surface area (Å²) in [5, 5.41) is -0.134. The van der Waals surface area contributed by atoms with E-state index in [-0.39, 0.29) is 5.25 Å². The zero-order valence-electron chi connectivity index (χ0n) is 19.2. The summed E-state index contributed by atoms with van der Waals surface area (Å²) in [7, 11) is 4.82. The predicted molar refractivity (Wildman–Crippen MR) is 128 cm³/mol. The SMILES string of the molecule is COc1ccc2c(c1)SC(c1cccc(C(F)(F)F)c1)CCN2Cc1cccc(OC)c1OC. The second kappa shape index (κ2) is 10.1. The van der Waals surface area contributed by atoms with Crippen LogP contribution in [-0.4, -0.2) is 27.9 Å². The highest BCUT2D eigenvalue weighted by Crippen LogP contribution is 2.48. The van der Waals surface area contributed by atoms with Crippen molar-refractivity contribution in [2.45, 2.75) is 29.3 Å². The molecule has 0 bridgehead atoms. The lowest BCUT2D eigenvalue weighted by Gasteiger charge is -2.26. The van der Waals surface area contributed by atoms with Crippen molar-refractivity contribution >= 4 is 17.4 Å². The van der Waals surface area contributed by atoms with Gasteiger partial charge in [0.05, 0.1) is 32.6 Å². The summed E-state index contributed by atoms with van der Waals surface area (Å²) in [6.45, 7) is 1.23. The smallest absolute Gasteiger partial charge is 0.416 e. The van der Waals surface area contributed by atoms with Crippen LogP contribution in [0, 0.1) is 0 Å². The molecular weight excluding hydrogens is 463 g/mol. The molecule has 1 unspecified atom stereocenters. The van der Waals surface area contributed by atoms with Crippen molar-refractivity contribution in [1.82, 2.24) is 0 Å². The molecular formula is C26H26F3NO3S. The molecule has 0 N–H and O–H groups in total. The number of thioether (sulfide) groups is 1. The zero-order chi connectivity index (χ0) is 24.3. The minimum absolute atomic E-state index is 0.134. The fourth-order valence-corrected chi connectivity index (χ4v) is 5.50. The van der Waals surface area contributed by atoms with Crippen molar-refractivity contribution in [3.05, 3.63) is 77.4 Å². The van der Waals surface area contributed by atoms with Crippen LogP contribution >= 0.6 is 11.8 Å². The number of hydrogen-bond donors (Lipinski definition) is 0. The molecule has 0 aromatic heterocycles. The van der Waals surface area contributed by atoms with Crippen LogP contribution < -0.4 is 19.1 Å². The number of anilines is 1. The topological polar surface area (TPSA) is 30.9 Å². The minimum Gasteiger partial charge on any atom is -0.497 e. The summed E-state index contributed by atoms with van der Waals surface area (Å²) in [5.41, 5.74) is 2.00. The van der Waals surface area contributed by atoms with Gasteiger partial charge in [0.1, 0.15) is 5.75 Å². The first-order valence-corrected chi connectivity index (χ1v) is 11.7. The Labute approximate surface area is 201 Å². The molecule has 8 heteroatoms. The average molecular weight is 490 g/mol. The quantitative estimate of drug-likeness (QED) is 0.373.